The Morgan fingerprint density at radius 2 is 1.71 bits per heavy atom. The number of benzene rings is 2. The Kier molecular flexibility index (Phi) is 8.45. The molecule has 0 amide bonds. The van der Waals surface area contributed by atoms with E-state index in [0.29, 0.717) is 0 Å². The maximum atomic E-state index is 4.57. The van der Waals surface area contributed by atoms with Crippen LogP contribution in [0.1, 0.15) is 30.5 Å². The molecule has 0 aliphatic carbocycles. The molecule has 0 aromatic heterocycles. The normalized spacial score (nSPS) is 15.7. The van der Waals surface area contributed by atoms with Gasteiger partial charge in [0.1, 0.15) is 0 Å². The van der Waals surface area contributed by atoms with E-state index in [0.717, 1.165) is 11.3 Å². The molecule has 1 nitrogen and oxygen atoms in total. The van der Waals surface area contributed by atoms with Crippen LogP contribution in [0.15, 0.2) is 126 Å². The van der Waals surface area contributed by atoms with Crippen LogP contribution in [0, 0.1) is 0 Å². The topological polar surface area (TPSA) is 12.4 Å². The minimum Gasteiger partial charge on any atom is -0.257 e. The Morgan fingerprint density at radius 3 is 2.48 bits per heavy atom. The minimum absolute atomic E-state index is 0.937. The van der Waals surface area contributed by atoms with Gasteiger partial charge in [-0.2, -0.15) is 0 Å². The van der Waals surface area contributed by atoms with E-state index >= 15 is 0 Å². The van der Waals surface area contributed by atoms with Crippen LogP contribution < -0.4 is 0 Å². The summed E-state index contributed by atoms with van der Waals surface area (Å²) in [5.41, 5.74) is 5.79. The fourth-order valence-electron chi connectivity index (χ4n) is 3.11. The number of nitrogens with zero attached hydrogens (tertiary/aromatic N) is 1. The average molecular weight is 422 g/mol. The van der Waals surface area contributed by atoms with Crippen molar-refractivity contribution in [2.45, 2.75) is 18.7 Å². The summed E-state index contributed by atoms with van der Waals surface area (Å²) >= 11 is 1.81. The van der Waals surface area contributed by atoms with Crippen LogP contribution in [0.4, 0.5) is 5.69 Å². The van der Waals surface area contributed by atoms with Crippen LogP contribution in [0.5, 0.6) is 0 Å². The predicted octanol–water partition coefficient (Wildman–Crippen LogP) is 8.72. The van der Waals surface area contributed by atoms with Crippen molar-refractivity contribution in [1.29, 1.82) is 0 Å². The Labute approximate surface area is 190 Å². The van der Waals surface area contributed by atoms with E-state index in [2.05, 4.69) is 72.3 Å². The van der Waals surface area contributed by atoms with Gasteiger partial charge in [-0.25, -0.2) is 0 Å². The lowest BCUT2D eigenvalue weighted by Crippen LogP contribution is -1.98. The highest BCUT2D eigenvalue weighted by atomic mass is 32.2. The molecule has 2 aromatic rings. The van der Waals surface area contributed by atoms with Gasteiger partial charge in [0, 0.05) is 21.6 Å². The molecule has 0 fully saturated rings. The Morgan fingerprint density at radius 1 is 0.871 bits per heavy atom. The van der Waals surface area contributed by atoms with Crippen molar-refractivity contribution in [3.05, 3.63) is 133 Å². The largest absolute Gasteiger partial charge is 0.257 e. The first-order valence-electron chi connectivity index (χ1n) is 10.3. The predicted molar refractivity (Wildman–Crippen MR) is 140 cm³/mol. The van der Waals surface area contributed by atoms with Crippen LogP contribution in [-0.2, 0) is 0 Å². The molecule has 1 aliphatic heterocycles. The van der Waals surface area contributed by atoms with Gasteiger partial charge in [-0.3, -0.25) is 4.99 Å². The zero-order chi connectivity index (χ0) is 21.9. The maximum absolute atomic E-state index is 4.57. The van der Waals surface area contributed by atoms with E-state index in [1.807, 2.05) is 74.3 Å². The summed E-state index contributed by atoms with van der Waals surface area (Å²) in [6.45, 7) is 7.75. The molecule has 0 atom stereocenters. The molecule has 2 heteroatoms. The second-order valence-electron chi connectivity index (χ2n) is 6.81. The molecular formula is C29H27NS. The van der Waals surface area contributed by atoms with Crippen molar-refractivity contribution in [2.24, 2.45) is 4.99 Å². The van der Waals surface area contributed by atoms with Gasteiger partial charge in [0.25, 0.3) is 0 Å². The SMILES string of the molecule is C=C/C=C\C=C1/Sc2cc(/C(=C\C=C/C)c3cccc(\N=C/C=C\C=C/C)c3)ccc21. The van der Waals surface area contributed by atoms with E-state index in [9.17, 15) is 0 Å². The van der Waals surface area contributed by atoms with Crippen LogP contribution in [-0.4, -0.2) is 6.21 Å². The molecule has 0 N–H and O–H groups in total. The van der Waals surface area contributed by atoms with Crippen LogP contribution in [0.3, 0.4) is 0 Å². The first kappa shape index (κ1) is 22.3. The molecule has 31 heavy (non-hydrogen) atoms. The highest BCUT2D eigenvalue weighted by molar-refractivity contribution is 8.10. The van der Waals surface area contributed by atoms with E-state index in [-0.39, 0.29) is 0 Å². The monoisotopic (exact) mass is 421 g/mol. The first-order chi connectivity index (χ1) is 15.3. The van der Waals surface area contributed by atoms with Gasteiger partial charge < -0.3 is 0 Å². The van der Waals surface area contributed by atoms with Crippen molar-refractivity contribution in [3.63, 3.8) is 0 Å². The van der Waals surface area contributed by atoms with Gasteiger partial charge >= 0.3 is 0 Å². The maximum Gasteiger partial charge on any atom is 0.0635 e. The zero-order valence-electron chi connectivity index (χ0n) is 18.0. The highest BCUT2D eigenvalue weighted by Crippen LogP contribution is 2.49. The third kappa shape index (κ3) is 6.07. The highest BCUT2D eigenvalue weighted by Gasteiger charge is 2.21. The number of aliphatic imine (C=N–C) groups is 1. The second-order valence-corrected chi connectivity index (χ2v) is 7.89. The minimum atomic E-state index is 0.937. The third-order valence-electron chi connectivity index (χ3n) is 4.61. The quantitative estimate of drug-likeness (QED) is 0.307. The first-order valence-corrected chi connectivity index (χ1v) is 11.2. The lowest BCUT2D eigenvalue weighted by atomic mass is 9.95. The molecule has 0 spiro atoms. The van der Waals surface area contributed by atoms with E-state index < -0.39 is 0 Å². The average Bonchev–Trinajstić information content (AvgIpc) is 2.77. The zero-order valence-corrected chi connectivity index (χ0v) is 18.8. The fourth-order valence-corrected chi connectivity index (χ4v) is 4.10. The number of rotatable bonds is 8. The van der Waals surface area contributed by atoms with Crippen molar-refractivity contribution in [1.82, 2.24) is 0 Å². The molecule has 2 aromatic carbocycles. The van der Waals surface area contributed by atoms with Gasteiger partial charge in [-0.05, 0) is 60.9 Å². The number of fused-ring (bicyclic) bond motifs is 1. The van der Waals surface area contributed by atoms with Crippen LogP contribution in [0.2, 0.25) is 0 Å². The third-order valence-corrected chi connectivity index (χ3v) is 5.74. The van der Waals surface area contributed by atoms with Gasteiger partial charge in [0.15, 0.2) is 0 Å². The molecule has 0 saturated heterocycles. The summed E-state index contributed by atoms with van der Waals surface area (Å²) in [4.78, 5) is 7.17. The van der Waals surface area contributed by atoms with Gasteiger partial charge in [0.2, 0.25) is 0 Å². The van der Waals surface area contributed by atoms with Crippen molar-refractivity contribution < 1.29 is 0 Å². The van der Waals surface area contributed by atoms with Gasteiger partial charge in [-0.15, -0.1) is 0 Å². The molecule has 0 unspecified atom stereocenters. The Hall–Kier alpha value is -3.36. The molecular weight excluding hydrogens is 394 g/mol. The molecule has 0 radical (unpaired) electrons. The Balaban J connectivity index is 1.90. The van der Waals surface area contributed by atoms with Crippen molar-refractivity contribution in [3.8, 4) is 0 Å². The van der Waals surface area contributed by atoms with E-state index in [1.165, 1.54) is 26.5 Å². The number of thioether (sulfide) groups is 1. The fraction of sp³-hybridized carbons (Fsp3) is 0.0690. The Bertz CT molecular complexity index is 1140. The lowest BCUT2D eigenvalue weighted by Gasteiger charge is -2.23. The molecule has 1 aliphatic rings. The number of hydrogen-bond acceptors (Lipinski definition) is 2. The standard InChI is InChI=1S/C29H27NS/c1-4-7-10-12-20-30-25-15-13-14-23(21-25)26(16-9-6-3)24-18-19-27-28(17-11-8-5-2)31-29(27)22-24/h4-22H,2H2,1,3H3/b7-4-,9-6-,11-8-,12-10-,26-16-,28-17-,30-20-. The lowest BCUT2D eigenvalue weighted by molar-refractivity contribution is 1.36. The molecule has 0 bridgehead atoms. The summed E-state index contributed by atoms with van der Waals surface area (Å²) in [6, 6.07) is 15.1. The summed E-state index contributed by atoms with van der Waals surface area (Å²) in [7, 11) is 0. The molecule has 0 saturated carbocycles. The molecule has 154 valence electrons. The van der Waals surface area contributed by atoms with Crippen LogP contribution >= 0.6 is 11.8 Å². The van der Waals surface area contributed by atoms with Crippen molar-refractivity contribution in [2.75, 3.05) is 0 Å². The summed E-state index contributed by atoms with van der Waals surface area (Å²) in [5, 5.41) is 0. The number of allylic oxidation sites excluding steroid dienone is 11. The second kappa shape index (κ2) is 11.7. The summed E-state index contributed by atoms with van der Waals surface area (Å²) in [5.74, 6) is 0. The smallest absolute Gasteiger partial charge is 0.0635 e. The van der Waals surface area contributed by atoms with Crippen molar-refractivity contribution >= 4 is 34.1 Å². The van der Waals surface area contributed by atoms with E-state index in [4.69, 9.17) is 0 Å². The van der Waals surface area contributed by atoms with Crippen LogP contribution in [0.25, 0.3) is 10.5 Å². The number of hydrogen-bond donors (Lipinski definition) is 0. The summed E-state index contributed by atoms with van der Waals surface area (Å²) < 4.78 is 0. The van der Waals surface area contributed by atoms with Gasteiger partial charge in [-0.1, -0.05) is 97.3 Å². The van der Waals surface area contributed by atoms with E-state index in [1.54, 1.807) is 6.08 Å². The summed E-state index contributed by atoms with van der Waals surface area (Å²) in [6.07, 6.45) is 23.9. The van der Waals surface area contributed by atoms with Gasteiger partial charge in [0.05, 0.1) is 5.69 Å². The molecule has 1 heterocycles. The molecule has 3 rings (SSSR count).